The largest absolute Gasteiger partial charge is 0.491 e. The van der Waals surface area contributed by atoms with Gasteiger partial charge < -0.3 is 9.84 Å². The maximum absolute atomic E-state index is 12.0. The molecule has 0 aliphatic heterocycles. The number of aromatic nitrogens is 3. The van der Waals surface area contributed by atoms with E-state index in [1.165, 1.54) is 0 Å². The van der Waals surface area contributed by atoms with Gasteiger partial charge in [0.25, 0.3) is 5.56 Å². The average molecular weight is 335 g/mol. The van der Waals surface area contributed by atoms with Crippen LogP contribution in [0.2, 0.25) is 0 Å². The van der Waals surface area contributed by atoms with Crippen LogP contribution >= 0.6 is 11.8 Å². The molecule has 0 saturated carbocycles. The summed E-state index contributed by atoms with van der Waals surface area (Å²) in [7, 11) is 0. The molecule has 1 aromatic carbocycles. The van der Waals surface area contributed by atoms with Crippen molar-refractivity contribution in [2.24, 2.45) is 0 Å². The zero-order chi connectivity index (χ0) is 16.8. The lowest BCUT2D eigenvalue weighted by molar-refractivity contribution is -0.133. The topological polar surface area (TPSA) is 105 Å². The minimum atomic E-state index is -0.981. The van der Waals surface area contributed by atoms with Crippen molar-refractivity contribution >= 4 is 17.7 Å². The zero-order valence-corrected chi connectivity index (χ0v) is 13.6. The molecule has 7 nitrogen and oxygen atoms in total. The summed E-state index contributed by atoms with van der Waals surface area (Å²) in [6.07, 6.45) is 0.444. The average Bonchev–Trinajstić information content (AvgIpc) is 2.49. The quantitative estimate of drug-likeness (QED) is 0.742. The Labute approximate surface area is 137 Å². The molecule has 0 amide bonds. The maximum atomic E-state index is 12.0. The number of rotatable bonds is 7. The fourth-order valence-corrected chi connectivity index (χ4v) is 2.33. The van der Waals surface area contributed by atoms with Gasteiger partial charge in [-0.1, -0.05) is 23.9 Å². The number of aliphatic carboxylic acids is 1. The van der Waals surface area contributed by atoms with Gasteiger partial charge in [0, 0.05) is 6.42 Å². The van der Waals surface area contributed by atoms with Crippen LogP contribution in [-0.2, 0) is 11.2 Å². The van der Waals surface area contributed by atoms with Gasteiger partial charge in [0.2, 0.25) is 0 Å². The predicted molar refractivity (Wildman–Crippen MR) is 86.0 cm³/mol. The van der Waals surface area contributed by atoms with Gasteiger partial charge in [-0.3, -0.25) is 14.6 Å². The number of hydrogen-bond acceptors (Lipinski definition) is 6. The van der Waals surface area contributed by atoms with Crippen molar-refractivity contribution in [2.45, 2.75) is 31.5 Å². The number of aromatic amines is 1. The Hall–Kier alpha value is -2.35. The van der Waals surface area contributed by atoms with E-state index in [4.69, 9.17) is 9.84 Å². The number of ether oxygens (including phenoxy) is 1. The first kappa shape index (κ1) is 17.0. The fourth-order valence-electron chi connectivity index (χ4n) is 1.81. The first-order valence-electron chi connectivity index (χ1n) is 7.00. The monoisotopic (exact) mass is 335 g/mol. The first-order valence-corrected chi connectivity index (χ1v) is 7.98. The number of thioether (sulfide) groups is 1. The highest BCUT2D eigenvalue weighted by Crippen LogP contribution is 2.15. The van der Waals surface area contributed by atoms with E-state index in [1.807, 2.05) is 38.1 Å². The molecule has 0 unspecified atom stereocenters. The Balaban J connectivity index is 2.05. The Morgan fingerprint density at radius 1 is 1.30 bits per heavy atom. The highest BCUT2D eigenvalue weighted by atomic mass is 32.2. The molecule has 2 N–H and O–H groups in total. The molecule has 2 rings (SSSR count). The van der Waals surface area contributed by atoms with Gasteiger partial charge in [0.1, 0.15) is 11.4 Å². The van der Waals surface area contributed by atoms with E-state index < -0.39 is 5.97 Å². The van der Waals surface area contributed by atoms with Gasteiger partial charge >= 0.3 is 5.97 Å². The summed E-state index contributed by atoms with van der Waals surface area (Å²) < 4.78 is 5.56. The number of benzene rings is 1. The van der Waals surface area contributed by atoms with Crippen molar-refractivity contribution < 1.29 is 14.6 Å². The summed E-state index contributed by atoms with van der Waals surface area (Å²) in [6.45, 7) is 3.90. The molecule has 1 heterocycles. The molecule has 23 heavy (non-hydrogen) atoms. The normalized spacial score (nSPS) is 10.7. The molecule has 122 valence electrons. The molecule has 0 radical (unpaired) electrons. The second-order valence-electron chi connectivity index (χ2n) is 5.08. The van der Waals surface area contributed by atoms with E-state index >= 15 is 0 Å². The van der Waals surface area contributed by atoms with Crippen LogP contribution in [0.3, 0.4) is 0 Å². The van der Waals surface area contributed by atoms with Gasteiger partial charge in [0.05, 0.1) is 11.9 Å². The number of nitrogens with one attached hydrogen (secondary N) is 1. The fraction of sp³-hybridized carbons (Fsp3) is 0.333. The lowest BCUT2D eigenvalue weighted by Crippen LogP contribution is -2.18. The number of H-pyrrole nitrogens is 1. The van der Waals surface area contributed by atoms with Crippen LogP contribution < -0.4 is 10.3 Å². The summed E-state index contributed by atoms with van der Waals surface area (Å²) in [5.41, 5.74) is 0.824. The summed E-state index contributed by atoms with van der Waals surface area (Å²) in [5, 5.41) is 16.5. The second-order valence-corrected chi connectivity index (χ2v) is 6.04. The smallest absolute Gasteiger partial charge is 0.313 e. The van der Waals surface area contributed by atoms with Gasteiger partial charge in [-0.2, -0.15) is 0 Å². The maximum Gasteiger partial charge on any atom is 0.313 e. The molecule has 0 aliphatic rings. The zero-order valence-electron chi connectivity index (χ0n) is 12.8. The molecule has 2 aromatic rings. The third-order valence-electron chi connectivity index (χ3n) is 2.74. The van der Waals surface area contributed by atoms with Crippen molar-refractivity contribution in [3.05, 3.63) is 45.9 Å². The van der Waals surface area contributed by atoms with E-state index in [1.54, 1.807) is 0 Å². The second kappa shape index (κ2) is 7.77. The van der Waals surface area contributed by atoms with Crippen molar-refractivity contribution in [1.29, 1.82) is 0 Å². The summed E-state index contributed by atoms with van der Waals surface area (Å²) in [4.78, 5) is 25.0. The summed E-state index contributed by atoms with van der Waals surface area (Å²) in [5.74, 6) is -0.393. The summed E-state index contributed by atoms with van der Waals surface area (Å²) >= 11 is 0.920. The molecule has 1 aromatic heterocycles. The van der Waals surface area contributed by atoms with Gasteiger partial charge in [-0.25, -0.2) is 0 Å². The highest BCUT2D eigenvalue weighted by molar-refractivity contribution is 7.99. The minimum Gasteiger partial charge on any atom is -0.491 e. The van der Waals surface area contributed by atoms with Crippen molar-refractivity contribution in [2.75, 3.05) is 5.75 Å². The van der Waals surface area contributed by atoms with Crippen LogP contribution in [0.5, 0.6) is 5.75 Å². The number of nitrogens with zero attached hydrogens (tertiary/aromatic N) is 2. The molecular formula is C15H17N3O4S. The molecule has 0 aliphatic carbocycles. The van der Waals surface area contributed by atoms with Crippen LogP contribution in [0.15, 0.2) is 34.2 Å². The van der Waals surface area contributed by atoms with Crippen LogP contribution in [0.25, 0.3) is 0 Å². The van der Waals surface area contributed by atoms with Crippen molar-refractivity contribution in [1.82, 2.24) is 15.2 Å². The van der Waals surface area contributed by atoms with Crippen molar-refractivity contribution in [3.8, 4) is 5.75 Å². The molecule has 0 saturated heterocycles. The number of carboxylic acids is 1. The lowest BCUT2D eigenvalue weighted by atomic mass is 10.1. The molecular weight excluding hydrogens is 318 g/mol. The standard InChI is InChI=1S/C15H17N3O4S/c1-9(2)22-11-5-3-10(4-6-11)7-12-14(21)16-15(18-17-12)23-8-13(19)20/h3-6,9H,7-8H2,1-2H3,(H,19,20)(H,16,18,21). The Kier molecular flexibility index (Phi) is 5.75. The predicted octanol–water partition coefficient (Wildman–Crippen LogP) is 1.72. The van der Waals surface area contributed by atoms with E-state index in [0.29, 0.717) is 6.42 Å². The van der Waals surface area contributed by atoms with Crippen LogP contribution in [0.4, 0.5) is 0 Å². The molecule has 0 bridgehead atoms. The van der Waals surface area contributed by atoms with E-state index in [-0.39, 0.29) is 28.3 Å². The first-order chi connectivity index (χ1) is 10.9. The summed E-state index contributed by atoms with van der Waals surface area (Å²) in [6, 6.07) is 7.42. The van der Waals surface area contributed by atoms with Gasteiger partial charge in [-0.15, -0.1) is 10.2 Å². The molecule has 0 atom stereocenters. The van der Waals surface area contributed by atoms with Gasteiger partial charge in [0.15, 0.2) is 5.16 Å². The molecule has 0 fully saturated rings. The van der Waals surface area contributed by atoms with E-state index in [9.17, 15) is 9.59 Å². The van der Waals surface area contributed by atoms with Gasteiger partial charge in [-0.05, 0) is 31.5 Å². The van der Waals surface area contributed by atoms with Crippen LogP contribution in [0.1, 0.15) is 25.1 Å². The molecule has 8 heteroatoms. The molecule has 0 spiro atoms. The van der Waals surface area contributed by atoms with Crippen molar-refractivity contribution in [3.63, 3.8) is 0 Å². The number of carboxylic acid groups (broad SMARTS) is 1. The van der Waals surface area contributed by atoms with Crippen LogP contribution in [-0.4, -0.2) is 38.1 Å². The number of hydrogen-bond donors (Lipinski definition) is 2. The minimum absolute atomic E-state index is 0.102. The lowest BCUT2D eigenvalue weighted by Gasteiger charge is -2.09. The Morgan fingerprint density at radius 3 is 2.57 bits per heavy atom. The third kappa shape index (κ3) is 5.41. The Morgan fingerprint density at radius 2 is 2.00 bits per heavy atom. The SMILES string of the molecule is CC(C)Oc1ccc(Cc2nnc(SCC(=O)O)[nH]c2=O)cc1. The Bertz CT molecular complexity index is 728. The third-order valence-corrected chi connectivity index (χ3v) is 3.59. The van der Waals surface area contributed by atoms with E-state index in [0.717, 1.165) is 23.1 Å². The van der Waals surface area contributed by atoms with Crippen LogP contribution in [0, 0.1) is 0 Å². The highest BCUT2D eigenvalue weighted by Gasteiger charge is 2.08. The van der Waals surface area contributed by atoms with E-state index in [2.05, 4.69) is 15.2 Å². The number of carbonyl (C=O) groups is 1.